The van der Waals surface area contributed by atoms with Crippen LogP contribution in [0.5, 0.6) is 0 Å². The van der Waals surface area contributed by atoms with Gasteiger partial charge in [0.15, 0.2) is 11.5 Å². The lowest BCUT2D eigenvalue weighted by atomic mass is 10.1. The summed E-state index contributed by atoms with van der Waals surface area (Å²) in [4.78, 5) is 23.8. The average molecular weight is 400 g/mol. The molecule has 9 heteroatoms. The van der Waals surface area contributed by atoms with Crippen molar-refractivity contribution in [2.75, 3.05) is 5.32 Å². The molecule has 1 saturated carbocycles. The number of alkyl halides is 3. The molecule has 1 fully saturated rings. The Balaban J connectivity index is 1.85. The number of rotatable bonds is 5. The van der Waals surface area contributed by atoms with E-state index in [1.807, 2.05) is 0 Å². The molecule has 1 aliphatic carbocycles. The van der Waals surface area contributed by atoms with Crippen molar-refractivity contribution in [3.05, 3.63) is 46.2 Å². The summed E-state index contributed by atoms with van der Waals surface area (Å²) >= 11 is 5.94. The van der Waals surface area contributed by atoms with Crippen LogP contribution in [-0.4, -0.2) is 21.5 Å². The molecule has 1 aromatic carbocycles. The predicted molar refractivity (Wildman–Crippen MR) is 94.0 cm³/mol. The van der Waals surface area contributed by atoms with Gasteiger partial charge in [0.25, 0.3) is 0 Å². The number of Topliss-reactive ketones (excluding diaryl/α,β-unsaturated/α-hetero) is 1. The zero-order valence-corrected chi connectivity index (χ0v) is 15.4. The highest BCUT2D eigenvalue weighted by atomic mass is 35.5. The van der Waals surface area contributed by atoms with E-state index >= 15 is 0 Å². The smallest absolute Gasteiger partial charge is 0.324 e. The van der Waals surface area contributed by atoms with Crippen molar-refractivity contribution in [3.63, 3.8) is 0 Å². The normalized spacial score (nSPS) is 15.5. The molecule has 0 spiro atoms. The minimum atomic E-state index is -4.69. The minimum absolute atomic E-state index is 0.110. The van der Waals surface area contributed by atoms with Gasteiger partial charge in [-0.3, -0.25) is 14.3 Å². The lowest BCUT2D eigenvalue weighted by Gasteiger charge is -2.16. The Morgan fingerprint density at radius 1 is 1.26 bits per heavy atom. The van der Waals surface area contributed by atoms with Gasteiger partial charge in [0.1, 0.15) is 6.04 Å². The Labute approximate surface area is 158 Å². The number of ketones is 1. The van der Waals surface area contributed by atoms with Gasteiger partial charge in [-0.15, -0.1) is 0 Å². The molecule has 0 saturated heterocycles. The van der Waals surface area contributed by atoms with E-state index in [1.165, 1.54) is 13.8 Å². The number of anilines is 1. The number of nitrogens with one attached hydrogen (secondary N) is 1. The molecule has 1 aliphatic rings. The second kappa shape index (κ2) is 6.99. The molecule has 0 radical (unpaired) electrons. The summed E-state index contributed by atoms with van der Waals surface area (Å²) in [7, 11) is 0. The van der Waals surface area contributed by atoms with Crippen LogP contribution in [0, 0.1) is 0 Å². The summed E-state index contributed by atoms with van der Waals surface area (Å²) < 4.78 is 40.5. The Morgan fingerprint density at radius 3 is 2.33 bits per heavy atom. The summed E-state index contributed by atoms with van der Waals surface area (Å²) in [6, 6.07) is 5.25. The molecule has 27 heavy (non-hydrogen) atoms. The van der Waals surface area contributed by atoms with Crippen LogP contribution in [0.1, 0.15) is 60.4 Å². The Bertz CT molecular complexity index is 886. The number of amides is 1. The number of benzene rings is 1. The summed E-state index contributed by atoms with van der Waals surface area (Å²) in [5.74, 6) is -0.757. The van der Waals surface area contributed by atoms with Crippen molar-refractivity contribution < 1.29 is 22.8 Å². The molecular weight excluding hydrogens is 383 g/mol. The van der Waals surface area contributed by atoms with Gasteiger partial charge in [0, 0.05) is 17.2 Å². The zero-order valence-electron chi connectivity index (χ0n) is 14.6. The quantitative estimate of drug-likeness (QED) is 0.732. The maximum absolute atomic E-state index is 13.2. The molecule has 1 unspecified atom stereocenters. The summed E-state index contributed by atoms with van der Waals surface area (Å²) in [6.07, 6.45) is -3.27. The van der Waals surface area contributed by atoms with Crippen molar-refractivity contribution in [3.8, 4) is 0 Å². The predicted octanol–water partition coefficient (Wildman–Crippen LogP) is 4.84. The Hall–Kier alpha value is -2.35. The van der Waals surface area contributed by atoms with E-state index in [2.05, 4.69) is 10.4 Å². The fourth-order valence-corrected chi connectivity index (χ4v) is 3.16. The molecule has 1 heterocycles. The van der Waals surface area contributed by atoms with Crippen LogP contribution in [0.4, 0.5) is 18.9 Å². The number of halogens is 4. The first-order chi connectivity index (χ1) is 12.6. The third-order valence-electron chi connectivity index (χ3n) is 4.43. The molecule has 0 aliphatic heterocycles. The van der Waals surface area contributed by atoms with E-state index in [0.29, 0.717) is 24.1 Å². The first-order valence-electron chi connectivity index (χ1n) is 8.36. The lowest BCUT2D eigenvalue weighted by Crippen LogP contribution is -2.26. The maximum atomic E-state index is 13.2. The first-order valence-corrected chi connectivity index (χ1v) is 8.74. The van der Waals surface area contributed by atoms with Crippen LogP contribution in [0.15, 0.2) is 24.3 Å². The molecule has 3 rings (SSSR count). The van der Waals surface area contributed by atoms with Crippen LogP contribution in [-0.2, 0) is 11.0 Å². The van der Waals surface area contributed by atoms with Crippen LogP contribution >= 0.6 is 11.6 Å². The second-order valence-corrected chi connectivity index (χ2v) is 6.94. The SMILES string of the molecule is CC(=O)c1ccc(NC(=O)C(C)n2nc(C(F)(F)F)c(Cl)c2C2CC2)cc1. The fraction of sp³-hybridized carbons (Fsp3) is 0.389. The lowest BCUT2D eigenvalue weighted by molar-refractivity contribution is -0.141. The van der Waals surface area contributed by atoms with E-state index in [-0.39, 0.29) is 17.4 Å². The number of hydrogen-bond acceptors (Lipinski definition) is 3. The monoisotopic (exact) mass is 399 g/mol. The van der Waals surface area contributed by atoms with Gasteiger partial charge in [-0.25, -0.2) is 0 Å². The van der Waals surface area contributed by atoms with Crippen LogP contribution in [0.3, 0.4) is 0 Å². The highest BCUT2D eigenvalue weighted by molar-refractivity contribution is 6.32. The molecule has 1 N–H and O–H groups in total. The Morgan fingerprint density at radius 2 is 1.85 bits per heavy atom. The van der Waals surface area contributed by atoms with Gasteiger partial charge in [-0.05, 0) is 51.0 Å². The molecule has 0 bridgehead atoms. The zero-order chi connectivity index (χ0) is 19.9. The van der Waals surface area contributed by atoms with Gasteiger partial charge >= 0.3 is 6.18 Å². The van der Waals surface area contributed by atoms with Crippen molar-refractivity contribution >= 4 is 29.0 Å². The number of nitrogens with zero attached hydrogens (tertiary/aromatic N) is 2. The number of carbonyl (C=O) groups excluding carboxylic acids is 2. The fourth-order valence-electron chi connectivity index (χ4n) is 2.77. The van der Waals surface area contributed by atoms with E-state index in [4.69, 9.17) is 11.6 Å². The summed E-state index contributed by atoms with van der Waals surface area (Å²) in [5, 5.41) is 5.79. The van der Waals surface area contributed by atoms with E-state index < -0.39 is 28.8 Å². The van der Waals surface area contributed by atoms with Gasteiger partial charge in [-0.1, -0.05) is 11.6 Å². The molecule has 1 amide bonds. The van der Waals surface area contributed by atoms with Crippen LogP contribution < -0.4 is 5.32 Å². The van der Waals surface area contributed by atoms with Crippen molar-refractivity contribution in [1.82, 2.24) is 9.78 Å². The number of aromatic nitrogens is 2. The van der Waals surface area contributed by atoms with Crippen molar-refractivity contribution in [2.45, 2.75) is 44.8 Å². The standard InChI is InChI=1S/C18H17ClF3N3O2/c1-9(17(27)23-13-7-5-11(6-8-13)10(2)26)25-15(12-3-4-12)14(19)16(24-25)18(20,21)22/h5-9,12H,3-4H2,1-2H3,(H,23,27). The molecular formula is C18H17ClF3N3O2. The highest BCUT2D eigenvalue weighted by Crippen LogP contribution is 2.47. The topological polar surface area (TPSA) is 64.0 Å². The van der Waals surface area contributed by atoms with Gasteiger partial charge in [0.2, 0.25) is 5.91 Å². The molecule has 5 nitrogen and oxygen atoms in total. The van der Waals surface area contributed by atoms with E-state index in [0.717, 1.165) is 4.68 Å². The van der Waals surface area contributed by atoms with Crippen LogP contribution in [0.25, 0.3) is 0 Å². The molecule has 1 atom stereocenters. The van der Waals surface area contributed by atoms with E-state index in [1.54, 1.807) is 24.3 Å². The van der Waals surface area contributed by atoms with Gasteiger partial charge in [-0.2, -0.15) is 18.3 Å². The summed E-state index contributed by atoms with van der Waals surface area (Å²) in [6.45, 7) is 2.89. The average Bonchev–Trinajstić information content (AvgIpc) is 3.36. The minimum Gasteiger partial charge on any atom is -0.324 e. The maximum Gasteiger partial charge on any atom is 0.436 e. The number of hydrogen-bond donors (Lipinski definition) is 1. The van der Waals surface area contributed by atoms with Crippen molar-refractivity contribution in [1.29, 1.82) is 0 Å². The van der Waals surface area contributed by atoms with Gasteiger partial charge in [0.05, 0.1) is 10.7 Å². The molecule has 144 valence electrons. The molecule has 2 aromatic rings. The summed E-state index contributed by atoms with van der Waals surface area (Å²) in [5.41, 5.74) is -0.0000360. The van der Waals surface area contributed by atoms with E-state index in [9.17, 15) is 22.8 Å². The second-order valence-electron chi connectivity index (χ2n) is 6.56. The molecule has 1 aromatic heterocycles. The largest absolute Gasteiger partial charge is 0.436 e. The van der Waals surface area contributed by atoms with Gasteiger partial charge < -0.3 is 5.32 Å². The third-order valence-corrected chi connectivity index (χ3v) is 4.80. The van der Waals surface area contributed by atoms with Crippen LogP contribution in [0.2, 0.25) is 5.02 Å². The highest BCUT2D eigenvalue weighted by Gasteiger charge is 2.43. The number of carbonyl (C=O) groups is 2. The third kappa shape index (κ3) is 4.00. The van der Waals surface area contributed by atoms with Crippen molar-refractivity contribution in [2.24, 2.45) is 0 Å². The Kier molecular flexibility index (Phi) is 5.03. The first kappa shape index (κ1) is 19.4.